The summed E-state index contributed by atoms with van der Waals surface area (Å²) in [4.78, 5) is 15.4. The van der Waals surface area contributed by atoms with Crippen molar-refractivity contribution in [2.24, 2.45) is 0 Å². The highest BCUT2D eigenvalue weighted by Crippen LogP contribution is 2.38. The van der Waals surface area contributed by atoms with Crippen LogP contribution < -0.4 is 4.90 Å². The van der Waals surface area contributed by atoms with Gasteiger partial charge in [0.25, 0.3) is 5.91 Å². The fourth-order valence-electron chi connectivity index (χ4n) is 3.59. The number of carbonyl (C=O) groups is 1. The van der Waals surface area contributed by atoms with E-state index < -0.39 is 0 Å². The highest BCUT2D eigenvalue weighted by atomic mass is 35.5. The van der Waals surface area contributed by atoms with Gasteiger partial charge < -0.3 is 4.57 Å². The molecule has 0 N–H and O–H groups in total. The molecule has 0 atom stereocenters. The molecule has 1 aromatic heterocycles. The van der Waals surface area contributed by atoms with Gasteiger partial charge in [-0.15, -0.1) is 0 Å². The van der Waals surface area contributed by atoms with Crippen LogP contribution in [0.5, 0.6) is 0 Å². The Hall–Kier alpha value is -2.05. The zero-order valence-electron chi connectivity index (χ0n) is 16.6. The third kappa shape index (κ3) is 3.71. The molecule has 0 bridgehead atoms. The summed E-state index contributed by atoms with van der Waals surface area (Å²) in [7, 11) is 0. The molecule has 2 heterocycles. The minimum absolute atomic E-state index is 0.0985. The fraction of sp³-hybridized carbons (Fsp3) is 0.130. The second-order valence-corrected chi connectivity index (χ2v) is 9.55. The largest absolute Gasteiger partial charge is 0.318 e. The van der Waals surface area contributed by atoms with Gasteiger partial charge >= 0.3 is 0 Å². The molecule has 2 aromatic carbocycles. The van der Waals surface area contributed by atoms with Crippen LogP contribution in [0.15, 0.2) is 53.4 Å². The summed E-state index contributed by atoms with van der Waals surface area (Å²) in [6, 6.07) is 15.4. The molecule has 1 fully saturated rings. The van der Waals surface area contributed by atoms with Gasteiger partial charge in [-0.1, -0.05) is 65.4 Å². The Balaban J connectivity index is 1.72. The zero-order valence-corrected chi connectivity index (χ0v) is 19.7. The summed E-state index contributed by atoms with van der Waals surface area (Å²) >= 11 is 19.1. The van der Waals surface area contributed by atoms with Crippen molar-refractivity contribution in [3.63, 3.8) is 0 Å². The molecule has 3 aromatic rings. The quantitative estimate of drug-likeness (QED) is 0.299. The van der Waals surface area contributed by atoms with Crippen molar-refractivity contribution in [1.29, 1.82) is 0 Å². The molecule has 3 nitrogen and oxygen atoms in total. The maximum atomic E-state index is 13.1. The molecule has 152 valence electrons. The normalized spacial score (nSPS) is 15.5. The van der Waals surface area contributed by atoms with Crippen LogP contribution in [0.3, 0.4) is 0 Å². The topological polar surface area (TPSA) is 25.2 Å². The molecule has 30 heavy (non-hydrogen) atoms. The molecular formula is C23H18Cl2N2OS2. The maximum absolute atomic E-state index is 13.1. The number of amides is 1. The number of thioether (sulfide) groups is 1. The van der Waals surface area contributed by atoms with Crippen LogP contribution in [0.2, 0.25) is 10.0 Å². The first-order valence-corrected chi connectivity index (χ1v) is 11.2. The van der Waals surface area contributed by atoms with E-state index >= 15 is 0 Å². The first kappa shape index (κ1) is 21.2. The second kappa shape index (κ2) is 8.23. The second-order valence-electron chi connectivity index (χ2n) is 7.06. The van der Waals surface area contributed by atoms with Crippen LogP contribution in [0.4, 0.5) is 5.69 Å². The van der Waals surface area contributed by atoms with Crippen LogP contribution >= 0.6 is 47.2 Å². The third-order valence-corrected chi connectivity index (χ3v) is 7.11. The summed E-state index contributed by atoms with van der Waals surface area (Å²) in [5, 5.41) is 1.02. The van der Waals surface area contributed by atoms with Crippen molar-refractivity contribution in [1.82, 2.24) is 4.57 Å². The van der Waals surface area contributed by atoms with E-state index in [2.05, 4.69) is 10.6 Å². The Morgan fingerprint density at radius 3 is 2.43 bits per heavy atom. The van der Waals surface area contributed by atoms with Gasteiger partial charge in [0.15, 0.2) is 4.32 Å². The van der Waals surface area contributed by atoms with E-state index in [-0.39, 0.29) is 5.91 Å². The average Bonchev–Trinajstić information content (AvgIpc) is 3.13. The summed E-state index contributed by atoms with van der Waals surface area (Å²) < 4.78 is 2.63. The van der Waals surface area contributed by atoms with Gasteiger partial charge in [0.1, 0.15) is 0 Å². The lowest BCUT2D eigenvalue weighted by Gasteiger charge is -2.16. The first-order chi connectivity index (χ1) is 14.3. The molecule has 1 aliphatic heterocycles. The molecule has 7 heteroatoms. The van der Waals surface area contributed by atoms with Crippen molar-refractivity contribution in [3.05, 3.63) is 86.0 Å². The van der Waals surface area contributed by atoms with E-state index in [4.69, 9.17) is 35.4 Å². The third-order valence-electron chi connectivity index (χ3n) is 5.07. The number of aryl methyl sites for hydroxylation is 2. The Morgan fingerprint density at radius 1 is 1.00 bits per heavy atom. The molecule has 0 radical (unpaired) electrons. The number of rotatable bonds is 3. The van der Waals surface area contributed by atoms with E-state index in [0.29, 0.717) is 19.3 Å². The molecule has 1 aliphatic rings. The Labute approximate surface area is 195 Å². The number of anilines is 1. The van der Waals surface area contributed by atoms with Crippen molar-refractivity contribution in [3.8, 4) is 5.69 Å². The summed E-state index contributed by atoms with van der Waals surface area (Å²) in [5.74, 6) is -0.0985. The van der Waals surface area contributed by atoms with Gasteiger partial charge in [-0.3, -0.25) is 9.69 Å². The van der Waals surface area contributed by atoms with Crippen LogP contribution in [0.25, 0.3) is 11.8 Å². The number of aromatic nitrogens is 1. The van der Waals surface area contributed by atoms with Crippen molar-refractivity contribution < 1.29 is 4.79 Å². The van der Waals surface area contributed by atoms with Gasteiger partial charge in [0.05, 0.1) is 20.6 Å². The monoisotopic (exact) mass is 472 g/mol. The Morgan fingerprint density at radius 2 is 1.73 bits per heavy atom. The van der Waals surface area contributed by atoms with Crippen molar-refractivity contribution >= 4 is 69.2 Å². The first-order valence-electron chi connectivity index (χ1n) is 9.26. The van der Waals surface area contributed by atoms with E-state index in [1.807, 2.05) is 63.2 Å². The lowest BCUT2D eigenvalue weighted by molar-refractivity contribution is -0.113. The van der Waals surface area contributed by atoms with Crippen LogP contribution in [-0.4, -0.2) is 14.8 Å². The van der Waals surface area contributed by atoms with E-state index in [0.717, 1.165) is 33.9 Å². The number of thiocarbonyl (C=S) groups is 1. The maximum Gasteiger partial charge on any atom is 0.270 e. The van der Waals surface area contributed by atoms with E-state index in [1.54, 1.807) is 11.0 Å². The Kier molecular flexibility index (Phi) is 5.82. The molecule has 0 saturated carbocycles. The van der Waals surface area contributed by atoms with Gasteiger partial charge in [-0.2, -0.15) is 0 Å². The van der Waals surface area contributed by atoms with Crippen LogP contribution in [0.1, 0.15) is 22.5 Å². The predicted octanol–water partition coefficient (Wildman–Crippen LogP) is 7.12. The van der Waals surface area contributed by atoms with Crippen molar-refractivity contribution in [2.45, 2.75) is 20.8 Å². The van der Waals surface area contributed by atoms with Gasteiger partial charge in [0.2, 0.25) is 0 Å². The average molecular weight is 473 g/mol. The molecular weight excluding hydrogens is 455 g/mol. The zero-order chi connectivity index (χ0) is 21.6. The van der Waals surface area contributed by atoms with E-state index in [9.17, 15) is 4.79 Å². The van der Waals surface area contributed by atoms with Crippen LogP contribution in [-0.2, 0) is 4.79 Å². The highest BCUT2D eigenvalue weighted by Gasteiger charge is 2.34. The number of hydrogen-bond acceptors (Lipinski definition) is 3. The standard InChI is InChI=1S/C23H18Cl2N2OS2/c1-13-6-4-5-7-20(13)27-22(28)21(30-23(27)29)11-16-10-14(2)26(15(16)3)17-8-9-18(24)19(25)12-17/h4-12H,1-3H3/b21-11-. The van der Waals surface area contributed by atoms with Gasteiger partial charge in [-0.05, 0) is 68.3 Å². The number of para-hydroxylation sites is 1. The molecule has 1 amide bonds. The number of carbonyl (C=O) groups excluding carboxylic acids is 1. The molecule has 4 rings (SSSR count). The van der Waals surface area contributed by atoms with Crippen molar-refractivity contribution in [2.75, 3.05) is 4.90 Å². The lowest BCUT2D eigenvalue weighted by atomic mass is 10.2. The lowest BCUT2D eigenvalue weighted by Crippen LogP contribution is -2.28. The summed E-state index contributed by atoms with van der Waals surface area (Å²) in [5.41, 5.74) is 5.76. The Bertz CT molecular complexity index is 1230. The molecule has 1 saturated heterocycles. The van der Waals surface area contributed by atoms with E-state index in [1.165, 1.54) is 11.8 Å². The molecule has 0 aliphatic carbocycles. The van der Waals surface area contributed by atoms with Crippen LogP contribution in [0, 0.1) is 20.8 Å². The minimum Gasteiger partial charge on any atom is -0.318 e. The SMILES string of the molecule is Cc1ccccc1N1C(=O)/C(=C/c2cc(C)n(-c3ccc(Cl)c(Cl)c3)c2C)SC1=S. The van der Waals surface area contributed by atoms with Gasteiger partial charge in [-0.25, -0.2) is 0 Å². The number of benzene rings is 2. The molecule has 0 unspecified atom stereocenters. The minimum atomic E-state index is -0.0985. The number of nitrogens with zero attached hydrogens (tertiary/aromatic N) is 2. The fourth-order valence-corrected chi connectivity index (χ4v) is 5.15. The summed E-state index contributed by atoms with van der Waals surface area (Å²) in [6.45, 7) is 6.01. The van der Waals surface area contributed by atoms with Gasteiger partial charge in [0, 0.05) is 17.1 Å². The highest BCUT2D eigenvalue weighted by molar-refractivity contribution is 8.27. The molecule has 0 spiro atoms. The number of hydrogen-bond donors (Lipinski definition) is 0. The predicted molar refractivity (Wildman–Crippen MR) is 132 cm³/mol. The smallest absolute Gasteiger partial charge is 0.270 e. The summed E-state index contributed by atoms with van der Waals surface area (Å²) in [6.07, 6.45) is 1.91. The number of halogens is 2.